The van der Waals surface area contributed by atoms with Gasteiger partial charge in [-0.05, 0) is 28.9 Å². The summed E-state index contributed by atoms with van der Waals surface area (Å²) in [5.41, 5.74) is 0.0991. The van der Waals surface area contributed by atoms with Crippen molar-refractivity contribution in [2.24, 2.45) is 0 Å². The number of halogens is 1. The smallest absolute Gasteiger partial charge is 0.337 e. The Balaban J connectivity index is 3.51. The molecule has 0 saturated carbocycles. The third kappa shape index (κ3) is 1.90. The van der Waals surface area contributed by atoms with Gasteiger partial charge in [-0.1, -0.05) is 0 Å². The van der Waals surface area contributed by atoms with Crippen molar-refractivity contribution >= 4 is 27.7 Å². The summed E-state index contributed by atoms with van der Waals surface area (Å²) in [4.78, 5) is 10.7. The minimum atomic E-state index is -1.08. The Morgan fingerprint density at radius 3 is 2.64 bits per heavy atom. The van der Waals surface area contributed by atoms with E-state index in [1.807, 2.05) is 0 Å². The van der Waals surface area contributed by atoms with Crippen molar-refractivity contribution in [3.8, 4) is 0 Å². The lowest BCUT2D eigenvalue weighted by Gasteiger charge is -2.06. The molecule has 0 aliphatic rings. The van der Waals surface area contributed by atoms with E-state index in [4.69, 9.17) is 15.9 Å². The third-order valence-corrected chi connectivity index (χ3v) is 2.23. The van der Waals surface area contributed by atoms with Crippen LogP contribution in [0.4, 0.5) is 0 Å². The summed E-state index contributed by atoms with van der Waals surface area (Å²) in [6.07, 6.45) is 1.25. The molecular formula is C8H8BrN3O2. The van der Waals surface area contributed by atoms with Gasteiger partial charge in [-0.15, -0.1) is 0 Å². The first-order valence-electron chi connectivity index (χ1n) is 3.69. The van der Waals surface area contributed by atoms with E-state index >= 15 is 0 Å². The summed E-state index contributed by atoms with van der Waals surface area (Å²) in [6.45, 7) is 1.48. The van der Waals surface area contributed by atoms with Crippen LogP contribution in [0.3, 0.4) is 0 Å². The van der Waals surface area contributed by atoms with E-state index in [2.05, 4.69) is 15.9 Å². The fourth-order valence-corrected chi connectivity index (χ4v) is 1.38. The van der Waals surface area contributed by atoms with Crippen molar-refractivity contribution in [3.05, 3.63) is 27.8 Å². The predicted octanol–water partition coefficient (Wildman–Crippen LogP) is 1.27. The summed E-state index contributed by atoms with van der Waals surface area (Å²) in [5, 5.41) is 23.6. The number of aromatic carboxylic acids is 1. The highest BCUT2D eigenvalue weighted by molar-refractivity contribution is 9.10. The topological polar surface area (TPSA) is 89.9 Å². The van der Waals surface area contributed by atoms with Crippen LogP contribution in [0.25, 0.3) is 0 Å². The lowest BCUT2D eigenvalue weighted by atomic mass is 10.3. The molecule has 0 atom stereocenters. The number of nitrogens with zero attached hydrogens (tertiary/aromatic N) is 1. The highest BCUT2D eigenvalue weighted by Crippen LogP contribution is 2.06. The zero-order chi connectivity index (χ0) is 10.9. The Labute approximate surface area is 88.1 Å². The molecule has 0 spiro atoms. The van der Waals surface area contributed by atoms with Crippen LogP contribution < -0.4 is 5.49 Å². The fourth-order valence-electron chi connectivity index (χ4n) is 0.942. The zero-order valence-electron chi connectivity index (χ0n) is 7.34. The van der Waals surface area contributed by atoms with Gasteiger partial charge in [0.25, 0.3) is 0 Å². The van der Waals surface area contributed by atoms with E-state index in [1.165, 1.54) is 23.8 Å². The van der Waals surface area contributed by atoms with Crippen molar-refractivity contribution in [2.75, 3.05) is 0 Å². The van der Waals surface area contributed by atoms with Crippen LogP contribution >= 0.6 is 15.9 Å². The van der Waals surface area contributed by atoms with Crippen LogP contribution in [0.15, 0.2) is 16.7 Å². The molecule has 0 aromatic carbocycles. The normalized spacial score (nSPS) is 9.86. The number of carboxylic acids is 1. The van der Waals surface area contributed by atoms with E-state index in [0.717, 1.165) is 0 Å². The summed E-state index contributed by atoms with van der Waals surface area (Å²) in [5.74, 6) is -0.987. The molecule has 0 aliphatic heterocycles. The summed E-state index contributed by atoms with van der Waals surface area (Å²) in [7, 11) is 0. The number of carbonyl (C=O) groups is 1. The van der Waals surface area contributed by atoms with E-state index in [-0.39, 0.29) is 16.9 Å². The third-order valence-electron chi connectivity index (χ3n) is 1.63. The molecule has 6 heteroatoms. The molecule has 1 rings (SSSR count). The number of carboxylic acid groups (broad SMARTS) is 1. The Bertz CT molecular complexity index is 464. The molecule has 0 bridgehead atoms. The van der Waals surface area contributed by atoms with Gasteiger partial charge < -0.3 is 5.11 Å². The molecule has 3 N–H and O–H groups in total. The molecule has 0 aliphatic carbocycles. The van der Waals surface area contributed by atoms with Crippen LogP contribution in [0.5, 0.6) is 0 Å². The van der Waals surface area contributed by atoms with Gasteiger partial charge in [0.15, 0.2) is 0 Å². The second kappa shape index (κ2) is 3.75. The second-order valence-electron chi connectivity index (χ2n) is 2.69. The number of hydrogen-bond donors (Lipinski definition) is 3. The van der Waals surface area contributed by atoms with Gasteiger partial charge in [0.05, 0.1) is 10.0 Å². The maximum Gasteiger partial charge on any atom is 0.337 e. The van der Waals surface area contributed by atoms with Gasteiger partial charge in [0, 0.05) is 6.20 Å². The van der Waals surface area contributed by atoms with Crippen molar-refractivity contribution in [1.82, 2.24) is 4.57 Å². The fraction of sp³-hybridized carbons (Fsp3) is 0.125. The molecule has 1 heterocycles. The first-order chi connectivity index (χ1) is 6.43. The number of pyridine rings is 1. The number of hydrogen-bond acceptors (Lipinski definition) is 3. The Hall–Kier alpha value is -1.43. The van der Waals surface area contributed by atoms with E-state index in [0.29, 0.717) is 4.47 Å². The largest absolute Gasteiger partial charge is 0.478 e. The Kier molecular flexibility index (Phi) is 2.85. The minimum absolute atomic E-state index is 0.0412. The molecular weight excluding hydrogens is 250 g/mol. The molecule has 0 unspecified atom stereocenters. The summed E-state index contributed by atoms with van der Waals surface area (Å²) >= 11 is 3.07. The van der Waals surface area contributed by atoms with Gasteiger partial charge in [-0.25, -0.2) is 4.79 Å². The number of rotatable bonds is 1. The molecule has 1 aromatic heterocycles. The van der Waals surface area contributed by atoms with Gasteiger partial charge >= 0.3 is 5.97 Å². The lowest BCUT2D eigenvalue weighted by molar-refractivity contribution is 0.0696. The van der Waals surface area contributed by atoms with Gasteiger partial charge in [-0.2, -0.15) is 0 Å². The maximum absolute atomic E-state index is 10.7. The van der Waals surface area contributed by atoms with E-state index in [1.54, 1.807) is 0 Å². The SMILES string of the molecule is CC(=N)n1cc(C(=O)O)cc(Br)c1=N. The molecule has 0 amide bonds. The molecule has 5 nitrogen and oxygen atoms in total. The highest BCUT2D eigenvalue weighted by Gasteiger charge is 2.08. The molecule has 0 fully saturated rings. The van der Waals surface area contributed by atoms with Crippen molar-refractivity contribution in [1.29, 1.82) is 10.8 Å². The van der Waals surface area contributed by atoms with Crippen molar-refractivity contribution < 1.29 is 9.90 Å². The summed E-state index contributed by atoms with van der Waals surface area (Å²) < 4.78 is 1.54. The van der Waals surface area contributed by atoms with Crippen LogP contribution in [0.1, 0.15) is 17.3 Å². The number of nitrogens with one attached hydrogen (secondary N) is 2. The van der Waals surface area contributed by atoms with Crippen molar-refractivity contribution in [2.45, 2.75) is 6.92 Å². The average Bonchev–Trinajstić information content (AvgIpc) is 2.08. The monoisotopic (exact) mass is 257 g/mol. The first-order valence-corrected chi connectivity index (χ1v) is 4.48. The van der Waals surface area contributed by atoms with Crippen molar-refractivity contribution in [3.63, 3.8) is 0 Å². The molecule has 0 saturated heterocycles. The van der Waals surface area contributed by atoms with Crippen LogP contribution in [0, 0.1) is 10.8 Å². The lowest BCUT2D eigenvalue weighted by Crippen LogP contribution is -2.26. The molecule has 1 aromatic rings. The minimum Gasteiger partial charge on any atom is -0.478 e. The molecule has 14 heavy (non-hydrogen) atoms. The molecule has 0 radical (unpaired) electrons. The first kappa shape index (κ1) is 10.6. The zero-order valence-corrected chi connectivity index (χ0v) is 8.92. The quantitative estimate of drug-likeness (QED) is 0.523. The summed E-state index contributed by atoms with van der Waals surface area (Å²) in [6, 6.07) is 1.34. The van der Waals surface area contributed by atoms with Gasteiger partial charge in [0.2, 0.25) is 0 Å². The van der Waals surface area contributed by atoms with Gasteiger partial charge in [0.1, 0.15) is 11.3 Å². The average molecular weight is 258 g/mol. The Morgan fingerprint density at radius 2 is 2.21 bits per heavy atom. The van der Waals surface area contributed by atoms with E-state index in [9.17, 15) is 4.79 Å². The Morgan fingerprint density at radius 1 is 1.64 bits per heavy atom. The van der Waals surface area contributed by atoms with Gasteiger partial charge in [-0.3, -0.25) is 15.4 Å². The van der Waals surface area contributed by atoms with Crippen LogP contribution in [-0.4, -0.2) is 21.5 Å². The van der Waals surface area contributed by atoms with Crippen LogP contribution in [-0.2, 0) is 0 Å². The molecule has 74 valence electrons. The maximum atomic E-state index is 10.7. The highest BCUT2D eigenvalue weighted by atomic mass is 79.9. The predicted molar refractivity (Wildman–Crippen MR) is 53.7 cm³/mol. The standard InChI is InChI=1S/C8H8BrN3O2/c1-4(10)12-3-5(8(13)14)2-6(9)7(12)11/h2-3,10-11H,1H3,(H,13,14). The van der Waals surface area contributed by atoms with Crippen LogP contribution in [0.2, 0.25) is 0 Å². The van der Waals surface area contributed by atoms with E-state index < -0.39 is 5.97 Å². The second-order valence-corrected chi connectivity index (χ2v) is 3.54. The number of aromatic nitrogens is 1.